The maximum atomic E-state index is 4.42. The summed E-state index contributed by atoms with van der Waals surface area (Å²) >= 11 is 1.79. The average molecular weight is 287 g/mol. The van der Waals surface area contributed by atoms with E-state index in [0.29, 0.717) is 12.0 Å². The van der Waals surface area contributed by atoms with E-state index in [2.05, 4.69) is 59.8 Å². The van der Waals surface area contributed by atoms with Crippen molar-refractivity contribution in [3.05, 3.63) is 41.2 Å². The lowest BCUT2D eigenvalue weighted by Gasteiger charge is -2.13. The maximum absolute atomic E-state index is 4.42. The van der Waals surface area contributed by atoms with Crippen LogP contribution in [0.4, 0.5) is 0 Å². The molecule has 0 N–H and O–H groups in total. The third-order valence-electron chi connectivity index (χ3n) is 3.64. The smallest absolute Gasteiger partial charge is 0.191 e. The van der Waals surface area contributed by atoms with Gasteiger partial charge in [0.2, 0.25) is 0 Å². The topological polar surface area (TPSA) is 30.7 Å². The van der Waals surface area contributed by atoms with Crippen LogP contribution in [0.2, 0.25) is 0 Å². The summed E-state index contributed by atoms with van der Waals surface area (Å²) in [6.07, 6.45) is 2.54. The van der Waals surface area contributed by atoms with Crippen molar-refractivity contribution >= 4 is 11.8 Å². The summed E-state index contributed by atoms with van der Waals surface area (Å²) in [5.74, 6) is 2.79. The third kappa shape index (κ3) is 2.90. The van der Waals surface area contributed by atoms with Crippen LogP contribution >= 0.6 is 11.8 Å². The Morgan fingerprint density at radius 3 is 2.50 bits per heavy atom. The summed E-state index contributed by atoms with van der Waals surface area (Å²) in [5.41, 5.74) is 2.65. The Kier molecular flexibility index (Phi) is 3.83. The SMILES string of the molecule is Cc1ccc(CSc2nnc(C3CC3)n2C(C)C)cc1. The molecule has 1 aromatic heterocycles. The van der Waals surface area contributed by atoms with Crippen LogP contribution in [0, 0.1) is 6.92 Å². The van der Waals surface area contributed by atoms with Crippen molar-refractivity contribution in [1.82, 2.24) is 14.8 Å². The molecule has 20 heavy (non-hydrogen) atoms. The summed E-state index contributed by atoms with van der Waals surface area (Å²) < 4.78 is 2.32. The predicted octanol–water partition coefficient (Wildman–Crippen LogP) is 4.34. The van der Waals surface area contributed by atoms with Gasteiger partial charge in [0.25, 0.3) is 0 Å². The van der Waals surface area contributed by atoms with Crippen LogP contribution in [-0.2, 0) is 5.75 Å². The second-order valence-electron chi connectivity index (χ2n) is 5.85. The molecule has 0 bridgehead atoms. The lowest BCUT2D eigenvalue weighted by Crippen LogP contribution is -2.07. The first-order chi connectivity index (χ1) is 9.65. The van der Waals surface area contributed by atoms with Crippen LogP contribution < -0.4 is 0 Å². The van der Waals surface area contributed by atoms with Gasteiger partial charge in [-0.1, -0.05) is 41.6 Å². The summed E-state index contributed by atoms with van der Waals surface area (Å²) in [6.45, 7) is 6.55. The van der Waals surface area contributed by atoms with Crippen molar-refractivity contribution < 1.29 is 0 Å². The van der Waals surface area contributed by atoms with Gasteiger partial charge in [0.05, 0.1) is 0 Å². The van der Waals surface area contributed by atoms with Crippen LogP contribution in [0.15, 0.2) is 29.4 Å². The second kappa shape index (κ2) is 5.60. The van der Waals surface area contributed by atoms with E-state index >= 15 is 0 Å². The van der Waals surface area contributed by atoms with Gasteiger partial charge >= 0.3 is 0 Å². The van der Waals surface area contributed by atoms with E-state index in [1.54, 1.807) is 11.8 Å². The van der Waals surface area contributed by atoms with Crippen LogP contribution in [0.3, 0.4) is 0 Å². The summed E-state index contributed by atoms with van der Waals surface area (Å²) in [6, 6.07) is 9.15. The van der Waals surface area contributed by atoms with Gasteiger partial charge in [0.1, 0.15) is 5.82 Å². The van der Waals surface area contributed by atoms with Gasteiger partial charge in [-0.3, -0.25) is 0 Å². The molecule has 0 unspecified atom stereocenters. The predicted molar refractivity (Wildman–Crippen MR) is 83.1 cm³/mol. The van der Waals surface area contributed by atoms with Crippen LogP contribution in [0.25, 0.3) is 0 Å². The largest absolute Gasteiger partial charge is 0.303 e. The van der Waals surface area contributed by atoms with Crippen molar-refractivity contribution in [3.8, 4) is 0 Å². The highest BCUT2D eigenvalue weighted by molar-refractivity contribution is 7.98. The molecule has 4 heteroatoms. The number of rotatable bonds is 5. The molecule has 1 aromatic carbocycles. The Labute approximate surface area is 124 Å². The lowest BCUT2D eigenvalue weighted by atomic mass is 10.2. The zero-order valence-electron chi connectivity index (χ0n) is 12.3. The molecule has 1 heterocycles. The van der Waals surface area contributed by atoms with Gasteiger partial charge in [0, 0.05) is 17.7 Å². The Balaban J connectivity index is 1.75. The standard InChI is InChI=1S/C16H21N3S/c1-11(2)19-15(14-8-9-14)17-18-16(19)20-10-13-6-4-12(3)5-7-13/h4-7,11,14H,8-10H2,1-3H3. The highest BCUT2D eigenvalue weighted by Crippen LogP contribution is 2.41. The molecule has 0 spiro atoms. The fourth-order valence-electron chi connectivity index (χ4n) is 2.32. The number of hydrogen-bond acceptors (Lipinski definition) is 3. The number of thioether (sulfide) groups is 1. The zero-order valence-corrected chi connectivity index (χ0v) is 13.2. The van der Waals surface area contributed by atoms with Gasteiger partial charge in [-0.05, 0) is 39.2 Å². The number of benzene rings is 1. The Morgan fingerprint density at radius 1 is 1.20 bits per heavy atom. The van der Waals surface area contributed by atoms with Crippen molar-refractivity contribution in [3.63, 3.8) is 0 Å². The monoisotopic (exact) mass is 287 g/mol. The van der Waals surface area contributed by atoms with E-state index in [1.807, 2.05) is 0 Å². The molecule has 2 aromatic rings. The molecule has 0 radical (unpaired) electrons. The average Bonchev–Trinajstić information content (AvgIpc) is 3.18. The quantitative estimate of drug-likeness (QED) is 0.767. The van der Waals surface area contributed by atoms with Crippen molar-refractivity contribution in [2.24, 2.45) is 0 Å². The molecule has 3 nitrogen and oxygen atoms in total. The van der Waals surface area contributed by atoms with E-state index < -0.39 is 0 Å². The molecule has 106 valence electrons. The molecular formula is C16H21N3S. The van der Waals surface area contributed by atoms with Crippen LogP contribution in [0.1, 0.15) is 55.6 Å². The van der Waals surface area contributed by atoms with Crippen molar-refractivity contribution in [2.75, 3.05) is 0 Å². The van der Waals surface area contributed by atoms with Crippen LogP contribution in [0.5, 0.6) is 0 Å². The van der Waals surface area contributed by atoms with Crippen molar-refractivity contribution in [1.29, 1.82) is 0 Å². The van der Waals surface area contributed by atoms with Crippen molar-refractivity contribution in [2.45, 2.75) is 56.5 Å². The molecule has 3 rings (SSSR count). The highest BCUT2D eigenvalue weighted by Gasteiger charge is 2.31. The minimum absolute atomic E-state index is 0.432. The number of hydrogen-bond donors (Lipinski definition) is 0. The molecule has 1 fully saturated rings. The molecule has 0 saturated heterocycles. The number of aromatic nitrogens is 3. The van der Waals surface area contributed by atoms with Gasteiger partial charge < -0.3 is 4.57 Å². The van der Waals surface area contributed by atoms with E-state index in [1.165, 1.54) is 29.8 Å². The minimum atomic E-state index is 0.432. The van der Waals surface area contributed by atoms with E-state index in [-0.39, 0.29) is 0 Å². The molecule has 1 saturated carbocycles. The molecular weight excluding hydrogens is 266 g/mol. The third-order valence-corrected chi connectivity index (χ3v) is 4.65. The molecule has 0 atom stereocenters. The number of aryl methyl sites for hydroxylation is 1. The second-order valence-corrected chi connectivity index (χ2v) is 6.80. The Morgan fingerprint density at radius 2 is 1.90 bits per heavy atom. The summed E-state index contributed by atoms with van der Waals surface area (Å²) in [5, 5.41) is 9.88. The Bertz CT molecular complexity index is 582. The number of nitrogens with zero attached hydrogens (tertiary/aromatic N) is 3. The fraction of sp³-hybridized carbons (Fsp3) is 0.500. The maximum Gasteiger partial charge on any atom is 0.191 e. The van der Waals surface area contributed by atoms with E-state index in [4.69, 9.17) is 0 Å². The van der Waals surface area contributed by atoms with Gasteiger partial charge in [-0.25, -0.2) is 0 Å². The molecule has 1 aliphatic carbocycles. The molecule has 0 amide bonds. The molecule has 1 aliphatic rings. The summed E-state index contributed by atoms with van der Waals surface area (Å²) in [4.78, 5) is 0. The normalized spacial score (nSPS) is 15.0. The fourth-order valence-corrected chi connectivity index (χ4v) is 3.35. The highest BCUT2D eigenvalue weighted by atomic mass is 32.2. The van der Waals surface area contributed by atoms with E-state index in [9.17, 15) is 0 Å². The van der Waals surface area contributed by atoms with E-state index in [0.717, 1.165) is 10.9 Å². The lowest BCUT2D eigenvalue weighted by molar-refractivity contribution is 0.526. The first-order valence-corrected chi connectivity index (χ1v) is 8.27. The first kappa shape index (κ1) is 13.7. The van der Waals surface area contributed by atoms with Gasteiger partial charge in [0.15, 0.2) is 5.16 Å². The summed E-state index contributed by atoms with van der Waals surface area (Å²) in [7, 11) is 0. The van der Waals surface area contributed by atoms with Gasteiger partial charge in [-0.15, -0.1) is 10.2 Å². The molecule has 0 aliphatic heterocycles. The minimum Gasteiger partial charge on any atom is -0.303 e. The van der Waals surface area contributed by atoms with Gasteiger partial charge in [-0.2, -0.15) is 0 Å². The Hall–Kier alpha value is -1.29. The van der Waals surface area contributed by atoms with Crippen LogP contribution in [-0.4, -0.2) is 14.8 Å². The first-order valence-electron chi connectivity index (χ1n) is 7.28. The zero-order chi connectivity index (χ0) is 14.1.